The smallest absolute Gasteiger partial charge is 0.360 e. The molecule has 9 heteroatoms. The summed E-state index contributed by atoms with van der Waals surface area (Å²) in [6, 6.07) is 14.5. The molecule has 3 aromatic rings. The lowest BCUT2D eigenvalue weighted by Gasteiger charge is -2.14. The van der Waals surface area contributed by atoms with Gasteiger partial charge in [0, 0.05) is 11.9 Å². The second-order valence-electron chi connectivity index (χ2n) is 6.34. The molecule has 1 heterocycles. The van der Waals surface area contributed by atoms with Gasteiger partial charge in [-0.3, -0.25) is 14.9 Å². The molecule has 1 unspecified atom stereocenters. The number of carbonyl (C=O) groups excluding carboxylic acids is 3. The third-order valence-corrected chi connectivity index (χ3v) is 4.23. The van der Waals surface area contributed by atoms with Gasteiger partial charge in [0.2, 0.25) is 0 Å². The van der Waals surface area contributed by atoms with Crippen LogP contribution in [0.25, 0.3) is 16.5 Å². The highest BCUT2D eigenvalue weighted by Gasteiger charge is 2.24. The molecule has 0 aliphatic heterocycles. The van der Waals surface area contributed by atoms with Crippen LogP contribution in [-0.4, -0.2) is 40.3 Å². The van der Waals surface area contributed by atoms with Crippen molar-refractivity contribution in [2.75, 3.05) is 6.54 Å². The van der Waals surface area contributed by atoms with Gasteiger partial charge in [0.05, 0.1) is 11.1 Å². The number of aromatic nitrogens is 2. The summed E-state index contributed by atoms with van der Waals surface area (Å²) in [6.45, 7) is 3.37. The molecule has 2 N–H and O–H groups in total. The van der Waals surface area contributed by atoms with Crippen LogP contribution in [0, 0.1) is 0 Å². The predicted molar refractivity (Wildman–Crippen MR) is 109 cm³/mol. The van der Waals surface area contributed by atoms with Crippen molar-refractivity contribution in [2.24, 2.45) is 0 Å². The molecule has 2 aromatic carbocycles. The van der Waals surface area contributed by atoms with E-state index in [1.54, 1.807) is 61.5 Å². The van der Waals surface area contributed by atoms with Crippen LogP contribution in [0.2, 0.25) is 0 Å². The Kier molecular flexibility index (Phi) is 6.21. The number of amides is 3. The highest BCUT2D eigenvalue weighted by molar-refractivity contribution is 6.03. The maximum absolute atomic E-state index is 12.9. The average molecular weight is 408 g/mol. The minimum Gasteiger partial charge on any atom is -0.448 e. The number of ether oxygens (including phenoxy) is 1. The van der Waals surface area contributed by atoms with E-state index in [9.17, 15) is 19.2 Å². The first-order valence-electron chi connectivity index (χ1n) is 9.29. The number of rotatable bonds is 5. The fourth-order valence-corrected chi connectivity index (χ4v) is 2.77. The van der Waals surface area contributed by atoms with Crippen LogP contribution >= 0.6 is 0 Å². The van der Waals surface area contributed by atoms with Crippen molar-refractivity contribution in [3.05, 3.63) is 70.6 Å². The standard InChI is InChI=1S/C21H20N4O5/c1-3-22-21(29)23-18(26)13(2)30-20(28)17-15-11-7-8-12-16(15)19(27)25(24-17)14-9-5-4-6-10-14/h4-13H,3H2,1-2H3,(H2,22,23,26,29). The average Bonchev–Trinajstić information content (AvgIpc) is 2.74. The number of hydrogen-bond acceptors (Lipinski definition) is 6. The number of hydrogen-bond donors (Lipinski definition) is 2. The van der Waals surface area contributed by atoms with Crippen LogP contribution in [0.4, 0.5) is 4.79 Å². The van der Waals surface area contributed by atoms with Crippen LogP contribution in [0.5, 0.6) is 0 Å². The molecule has 0 aliphatic rings. The van der Waals surface area contributed by atoms with Crippen molar-refractivity contribution in [3.8, 4) is 5.69 Å². The molecule has 0 spiro atoms. The molecule has 30 heavy (non-hydrogen) atoms. The third-order valence-electron chi connectivity index (χ3n) is 4.23. The molecule has 0 radical (unpaired) electrons. The van der Waals surface area contributed by atoms with E-state index in [0.29, 0.717) is 17.6 Å². The molecule has 0 saturated carbocycles. The monoisotopic (exact) mass is 408 g/mol. The van der Waals surface area contributed by atoms with Crippen molar-refractivity contribution in [3.63, 3.8) is 0 Å². The van der Waals surface area contributed by atoms with Gasteiger partial charge in [0.25, 0.3) is 11.5 Å². The Hall–Kier alpha value is -4.01. The molecule has 0 bridgehead atoms. The van der Waals surface area contributed by atoms with E-state index in [1.807, 2.05) is 0 Å². The summed E-state index contributed by atoms with van der Waals surface area (Å²) in [5, 5.41) is 9.26. The number of carbonyl (C=O) groups is 3. The highest BCUT2D eigenvalue weighted by Crippen LogP contribution is 2.16. The van der Waals surface area contributed by atoms with Crippen LogP contribution < -0.4 is 16.2 Å². The molecular weight excluding hydrogens is 388 g/mol. The van der Waals surface area contributed by atoms with E-state index >= 15 is 0 Å². The van der Waals surface area contributed by atoms with Gasteiger partial charge in [0.15, 0.2) is 11.8 Å². The zero-order valence-electron chi connectivity index (χ0n) is 16.4. The molecule has 0 fully saturated rings. The predicted octanol–water partition coefficient (Wildman–Crippen LogP) is 1.78. The van der Waals surface area contributed by atoms with Gasteiger partial charge >= 0.3 is 12.0 Å². The highest BCUT2D eigenvalue weighted by atomic mass is 16.5. The quantitative estimate of drug-likeness (QED) is 0.621. The zero-order valence-corrected chi connectivity index (χ0v) is 16.4. The van der Waals surface area contributed by atoms with Gasteiger partial charge in [-0.15, -0.1) is 0 Å². The van der Waals surface area contributed by atoms with Gasteiger partial charge in [-0.2, -0.15) is 9.78 Å². The molecule has 9 nitrogen and oxygen atoms in total. The number of nitrogens with zero attached hydrogens (tertiary/aromatic N) is 2. The fraction of sp³-hybridized carbons (Fsp3) is 0.190. The number of benzene rings is 2. The van der Waals surface area contributed by atoms with Crippen LogP contribution in [0.1, 0.15) is 24.3 Å². The number of imide groups is 1. The van der Waals surface area contributed by atoms with Gasteiger partial charge in [-0.25, -0.2) is 9.59 Å². The summed E-state index contributed by atoms with van der Waals surface area (Å²) in [6.07, 6.45) is -1.25. The molecule has 1 aromatic heterocycles. The molecule has 0 aliphatic carbocycles. The van der Waals surface area contributed by atoms with Gasteiger partial charge in [-0.1, -0.05) is 36.4 Å². The summed E-state index contributed by atoms with van der Waals surface area (Å²) in [5.41, 5.74) is -0.0357. The summed E-state index contributed by atoms with van der Waals surface area (Å²) in [7, 11) is 0. The van der Waals surface area contributed by atoms with E-state index in [1.165, 1.54) is 6.92 Å². The number of fused-ring (bicyclic) bond motifs is 1. The summed E-state index contributed by atoms with van der Waals surface area (Å²) >= 11 is 0. The number of nitrogens with one attached hydrogen (secondary N) is 2. The maximum atomic E-state index is 12.9. The minimum absolute atomic E-state index is 0.119. The second-order valence-corrected chi connectivity index (χ2v) is 6.34. The van der Waals surface area contributed by atoms with E-state index < -0.39 is 29.6 Å². The van der Waals surface area contributed by atoms with Crippen molar-refractivity contribution >= 4 is 28.7 Å². The summed E-state index contributed by atoms with van der Waals surface area (Å²) in [5.74, 6) is -1.68. The lowest BCUT2D eigenvalue weighted by atomic mass is 10.1. The normalized spacial score (nSPS) is 11.5. The topological polar surface area (TPSA) is 119 Å². The van der Waals surface area contributed by atoms with E-state index in [0.717, 1.165) is 4.68 Å². The Morgan fingerprint density at radius 1 is 1.03 bits per heavy atom. The van der Waals surface area contributed by atoms with Crippen LogP contribution in [0.15, 0.2) is 59.4 Å². The van der Waals surface area contributed by atoms with Crippen molar-refractivity contribution in [1.29, 1.82) is 0 Å². The van der Waals surface area contributed by atoms with Crippen molar-refractivity contribution in [2.45, 2.75) is 20.0 Å². The molecule has 154 valence electrons. The fourth-order valence-electron chi connectivity index (χ4n) is 2.77. The third kappa shape index (κ3) is 4.35. The maximum Gasteiger partial charge on any atom is 0.360 e. The molecule has 0 saturated heterocycles. The Labute approximate surface area is 171 Å². The molecule has 3 rings (SSSR count). The minimum atomic E-state index is -1.25. The lowest BCUT2D eigenvalue weighted by Crippen LogP contribution is -2.44. The molecular formula is C21H20N4O5. The Morgan fingerprint density at radius 2 is 1.67 bits per heavy atom. The lowest BCUT2D eigenvalue weighted by molar-refractivity contribution is -0.127. The molecule has 1 atom stereocenters. The Bertz CT molecular complexity index is 1160. The summed E-state index contributed by atoms with van der Waals surface area (Å²) in [4.78, 5) is 49.2. The number of esters is 1. The second kappa shape index (κ2) is 8.99. The van der Waals surface area contributed by atoms with E-state index in [2.05, 4.69) is 15.7 Å². The first kappa shape index (κ1) is 20.7. The Morgan fingerprint density at radius 3 is 2.33 bits per heavy atom. The summed E-state index contributed by atoms with van der Waals surface area (Å²) < 4.78 is 6.32. The largest absolute Gasteiger partial charge is 0.448 e. The first-order chi connectivity index (χ1) is 14.4. The Balaban J connectivity index is 1.96. The number of para-hydroxylation sites is 1. The van der Waals surface area contributed by atoms with Crippen LogP contribution in [-0.2, 0) is 9.53 Å². The number of urea groups is 1. The molecule has 3 amide bonds. The van der Waals surface area contributed by atoms with Gasteiger partial charge in [-0.05, 0) is 32.0 Å². The van der Waals surface area contributed by atoms with E-state index in [-0.39, 0.29) is 11.1 Å². The first-order valence-corrected chi connectivity index (χ1v) is 9.29. The van der Waals surface area contributed by atoms with Gasteiger partial charge < -0.3 is 10.1 Å². The zero-order chi connectivity index (χ0) is 21.7. The van der Waals surface area contributed by atoms with Crippen molar-refractivity contribution < 1.29 is 19.1 Å². The van der Waals surface area contributed by atoms with Crippen LogP contribution in [0.3, 0.4) is 0 Å². The van der Waals surface area contributed by atoms with E-state index in [4.69, 9.17) is 4.74 Å². The van der Waals surface area contributed by atoms with Gasteiger partial charge in [0.1, 0.15) is 0 Å². The SMILES string of the molecule is CCNC(=O)NC(=O)C(C)OC(=O)c1nn(-c2ccccc2)c(=O)c2ccccc12. The van der Waals surface area contributed by atoms with Crippen molar-refractivity contribution in [1.82, 2.24) is 20.4 Å².